The van der Waals surface area contributed by atoms with Gasteiger partial charge in [0.1, 0.15) is 11.7 Å². The fourth-order valence-electron chi connectivity index (χ4n) is 1.10. The molecule has 0 fully saturated rings. The van der Waals surface area contributed by atoms with Crippen LogP contribution in [0.15, 0.2) is 22.7 Å². The first kappa shape index (κ1) is 12.5. The van der Waals surface area contributed by atoms with Crippen LogP contribution in [0.2, 0.25) is 0 Å². The summed E-state index contributed by atoms with van der Waals surface area (Å²) in [5.41, 5.74) is 0.471. The average Bonchev–Trinajstić information content (AvgIpc) is 2.20. The van der Waals surface area contributed by atoms with Crippen LogP contribution in [-0.2, 0) is 11.3 Å². The minimum Gasteiger partial charge on any atom is -0.340 e. The van der Waals surface area contributed by atoms with Gasteiger partial charge in [-0.3, -0.25) is 4.79 Å². The number of benzene rings is 1. The van der Waals surface area contributed by atoms with Crippen LogP contribution in [0.3, 0.4) is 0 Å². The highest BCUT2D eigenvalue weighted by Crippen LogP contribution is 2.16. The van der Waals surface area contributed by atoms with Crippen molar-refractivity contribution in [2.45, 2.75) is 6.54 Å². The number of carbonyl (C=O) groups excluding carboxylic acids is 1. The van der Waals surface area contributed by atoms with Crippen LogP contribution in [0, 0.1) is 5.82 Å². The molecule has 1 aromatic rings. The molecule has 1 amide bonds. The molecular formula is C10H10BrClFNO. The van der Waals surface area contributed by atoms with Crippen LogP contribution in [-0.4, -0.2) is 23.7 Å². The summed E-state index contributed by atoms with van der Waals surface area (Å²) in [6.07, 6.45) is 0. The maximum atomic E-state index is 13.4. The van der Waals surface area contributed by atoms with Crippen molar-refractivity contribution in [2.75, 3.05) is 12.9 Å². The van der Waals surface area contributed by atoms with Crippen LogP contribution in [0.4, 0.5) is 4.39 Å². The van der Waals surface area contributed by atoms with E-state index in [9.17, 15) is 9.18 Å². The maximum Gasteiger partial charge on any atom is 0.237 e. The number of halogens is 3. The molecule has 0 saturated carbocycles. The van der Waals surface area contributed by atoms with E-state index in [4.69, 9.17) is 11.6 Å². The molecule has 0 radical (unpaired) electrons. The Morgan fingerprint density at radius 1 is 1.60 bits per heavy atom. The summed E-state index contributed by atoms with van der Waals surface area (Å²) >= 11 is 8.55. The number of carbonyl (C=O) groups is 1. The second-order valence-electron chi connectivity index (χ2n) is 3.12. The van der Waals surface area contributed by atoms with Gasteiger partial charge in [-0.1, -0.05) is 22.0 Å². The molecule has 0 aromatic heterocycles. The van der Waals surface area contributed by atoms with Crippen molar-refractivity contribution in [2.24, 2.45) is 0 Å². The van der Waals surface area contributed by atoms with E-state index >= 15 is 0 Å². The summed E-state index contributed by atoms with van der Waals surface area (Å²) in [6.45, 7) is 0.227. The Hall–Kier alpha value is -0.610. The Bertz CT molecular complexity index is 372. The Kier molecular flexibility index (Phi) is 4.54. The molecule has 0 aliphatic carbocycles. The van der Waals surface area contributed by atoms with Gasteiger partial charge >= 0.3 is 0 Å². The number of nitrogens with zero attached hydrogens (tertiary/aromatic N) is 1. The van der Waals surface area contributed by atoms with E-state index in [0.717, 1.165) is 0 Å². The highest BCUT2D eigenvalue weighted by Gasteiger charge is 2.10. The third-order valence-corrected chi connectivity index (χ3v) is 2.68. The van der Waals surface area contributed by atoms with E-state index in [1.165, 1.54) is 11.0 Å². The van der Waals surface area contributed by atoms with Crippen molar-refractivity contribution in [3.63, 3.8) is 0 Å². The van der Waals surface area contributed by atoms with Gasteiger partial charge < -0.3 is 4.90 Å². The molecule has 1 rings (SSSR count). The molecule has 0 heterocycles. The first-order valence-corrected chi connectivity index (χ1v) is 5.61. The van der Waals surface area contributed by atoms with E-state index in [0.29, 0.717) is 10.0 Å². The molecule has 0 atom stereocenters. The topological polar surface area (TPSA) is 20.3 Å². The number of amides is 1. The number of rotatable bonds is 3. The van der Waals surface area contributed by atoms with Gasteiger partial charge in [-0.15, -0.1) is 11.6 Å². The van der Waals surface area contributed by atoms with Gasteiger partial charge in [0.2, 0.25) is 5.91 Å². The van der Waals surface area contributed by atoms with E-state index in [1.807, 2.05) is 0 Å². The third-order valence-electron chi connectivity index (χ3n) is 1.96. The van der Waals surface area contributed by atoms with Crippen molar-refractivity contribution in [3.8, 4) is 0 Å². The standard InChI is InChI=1S/C10H10BrClFNO/c1-14(10(15)5-12)6-7-2-3-8(11)4-9(7)13/h2-4H,5-6H2,1H3. The molecule has 0 unspecified atom stereocenters. The van der Waals surface area contributed by atoms with Gasteiger partial charge in [0, 0.05) is 23.6 Å². The van der Waals surface area contributed by atoms with Crippen LogP contribution in [0.25, 0.3) is 0 Å². The molecule has 0 N–H and O–H groups in total. The van der Waals surface area contributed by atoms with E-state index < -0.39 is 0 Å². The lowest BCUT2D eigenvalue weighted by Gasteiger charge is -2.16. The Morgan fingerprint density at radius 3 is 2.80 bits per heavy atom. The molecule has 15 heavy (non-hydrogen) atoms. The molecule has 82 valence electrons. The lowest BCUT2D eigenvalue weighted by atomic mass is 10.2. The first-order chi connectivity index (χ1) is 7.04. The van der Waals surface area contributed by atoms with Crippen molar-refractivity contribution < 1.29 is 9.18 Å². The van der Waals surface area contributed by atoms with Crippen LogP contribution < -0.4 is 0 Å². The molecule has 5 heteroatoms. The minimum absolute atomic E-state index is 0.0886. The zero-order valence-electron chi connectivity index (χ0n) is 8.14. The van der Waals surface area contributed by atoms with Crippen molar-refractivity contribution in [1.29, 1.82) is 0 Å². The summed E-state index contributed by atoms with van der Waals surface area (Å²) in [5.74, 6) is -0.646. The lowest BCUT2D eigenvalue weighted by molar-refractivity contribution is -0.127. The zero-order chi connectivity index (χ0) is 11.4. The summed E-state index contributed by atoms with van der Waals surface area (Å²) < 4.78 is 14.1. The molecule has 2 nitrogen and oxygen atoms in total. The third kappa shape index (κ3) is 3.47. The Labute approximate surface area is 101 Å². The van der Waals surface area contributed by atoms with Crippen LogP contribution in [0.5, 0.6) is 0 Å². The Morgan fingerprint density at radius 2 is 2.27 bits per heavy atom. The zero-order valence-corrected chi connectivity index (χ0v) is 10.5. The minimum atomic E-state index is -0.335. The van der Waals surface area contributed by atoms with Crippen molar-refractivity contribution in [1.82, 2.24) is 4.90 Å². The molecule has 0 aliphatic heterocycles. The summed E-state index contributed by atoms with van der Waals surface area (Å²) in [6, 6.07) is 4.74. The monoisotopic (exact) mass is 293 g/mol. The van der Waals surface area contributed by atoms with Gasteiger partial charge in [0.25, 0.3) is 0 Å². The largest absolute Gasteiger partial charge is 0.340 e. The predicted molar refractivity (Wildman–Crippen MR) is 61.3 cm³/mol. The van der Waals surface area contributed by atoms with Crippen molar-refractivity contribution >= 4 is 33.4 Å². The molecule has 0 saturated heterocycles. The highest BCUT2D eigenvalue weighted by molar-refractivity contribution is 9.10. The second-order valence-corrected chi connectivity index (χ2v) is 4.30. The lowest BCUT2D eigenvalue weighted by Crippen LogP contribution is -2.27. The summed E-state index contributed by atoms with van der Waals surface area (Å²) in [5, 5.41) is 0. The number of alkyl halides is 1. The smallest absolute Gasteiger partial charge is 0.237 e. The number of hydrogen-bond acceptors (Lipinski definition) is 1. The van der Waals surface area contributed by atoms with E-state index in [2.05, 4.69) is 15.9 Å². The van der Waals surface area contributed by atoms with Crippen LogP contribution >= 0.6 is 27.5 Å². The molecule has 1 aromatic carbocycles. The van der Waals surface area contributed by atoms with Crippen molar-refractivity contribution in [3.05, 3.63) is 34.1 Å². The average molecular weight is 295 g/mol. The first-order valence-electron chi connectivity index (χ1n) is 4.28. The number of hydrogen-bond donors (Lipinski definition) is 0. The van der Waals surface area contributed by atoms with Crippen LogP contribution in [0.1, 0.15) is 5.56 Å². The van der Waals surface area contributed by atoms with Gasteiger partial charge in [-0.25, -0.2) is 4.39 Å². The molecule has 0 bridgehead atoms. The van der Waals surface area contributed by atoms with Gasteiger partial charge in [-0.05, 0) is 12.1 Å². The predicted octanol–water partition coefficient (Wildman–Crippen LogP) is 2.79. The van der Waals surface area contributed by atoms with Gasteiger partial charge in [-0.2, -0.15) is 0 Å². The molecule has 0 aliphatic rings. The maximum absolute atomic E-state index is 13.4. The molecule has 0 spiro atoms. The normalized spacial score (nSPS) is 10.1. The quantitative estimate of drug-likeness (QED) is 0.785. The van der Waals surface area contributed by atoms with Gasteiger partial charge in [0.15, 0.2) is 0 Å². The fraction of sp³-hybridized carbons (Fsp3) is 0.300. The van der Waals surface area contributed by atoms with E-state index in [-0.39, 0.29) is 24.1 Å². The summed E-state index contributed by atoms with van der Waals surface area (Å²) in [4.78, 5) is 12.5. The fourth-order valence-corrected chi connectivity index (χ4v) is 1.63. The molecular weight excluding hydrogens is 284 g/mol. The second kappa shape index (κ2) is 5.47. The SMILES string of the molecule is CN(Cc1ccc(Br)cc1F)C(=O)CCl. The summed E-state index contributed by atoms with van der Waals surface area (Å²) in [7, 11) is 1.59. The highest BCUT2D eigenvalue weighted by atomic mass is 79.9. The Balaban J connectivity index is 2.76. The van der Waals surface area contributed by atoms with E-state index in [1.54, 1.807) is 19.2 Å². The van der Waals surface area contributed by atoms with Gasteiger partial charge in [0.05, 0.1) is 0 Å².